The average Bonchev–Trinajstić information content (AvgIpc) is 2.47. The lowest BCUT2D eigenvalue weighted by molar-refractivity contribution is 0.0697. The number of hydrogen-bond acceptors (Lipinski definition) is 5. The van der Waals surface area contributed by atoms with E-state index in [0.29, 0.717) is 25.3 Å². The lowest BCUT2D eigenvalue weighted by Crippen LogP contribution is -2.32. The van der Waals surface area contributed by atoms with Crippen LogP contribution in [-0.2, 0) is 14.8 Å². The zero-order chi connectivity index (χ0) is 17.5. The largest absolute Gasteiger partial charge is 0.478 e. The molecule has 0 unspecified atom stereocenters. The summed E-state index contributed by atoms with van der Waals surface area (Å²) in [6.07, 6.45) is 1.56. The molecule has 0 bridgehead atoms. The Morgan fingerprint density at radius 3 is 2.65 bits per heavy atom. The van der Waals surface area contributed by atoms with Crippen LogP contribution in [0.2, 0.25) is 0 Å². The highest BCUT2D eigenvalue weighted by atomic mass is 32.2. The third-order valence-corrected chi connectivity index (χ3v) is 4.82. The van der Waals surface area contributed by atoms with Gasteiger partial charge in [0.05, 0.1) is 17.1 Å². The lowest BCUT2D eigenvalue weighted by atomic mass is 10.2. The minimum Gasteiger partial charge on any atom is -0.478 e. The van der Waals surface area contributed by atoms with Crippen molar-refractivity contribution in [1.29, 1.82) is 0 Å². The fourth-order valence-corrected chi connectivity index (χ4v) is 3.44. The monoisotopic (exact) mass is 344 g/mol. The molecule has 0 aromatic heterocycles. The van der Waals surface area contributed by atoms with Crippen molar-refractivity contribution in [2.75, 3.05) is 25.6 Å². The molecule has 0 spiro atoms. The molecule has 23 heavy (non-hydrogen) atoms. The van der Waals surface area contributed by atoms with Crippen LogP contribution in [0.25, 0.3) is 0 Å². The number of benzene rings is 1. The third kappa shape index (κ3) is 5.81. The van der Waals surface area contributed by atoms with Gasteiger partial charge in [0.2, 0.25) is 10.0 Å². The molecule has 3 N–H and O–H groups in total. The van der Waals surface area contributed by atoms with Gasteiger partial charge >= 0.3 is 5.97 Å². The van der Waals surface area contributed by atoms with Gasteiger partial charge in [0.1, 0.15) is 0 Å². The van der Waals surface area contributed by atoms with Crippen molar-refractivity contribution < 1.29 is 23.1 Å². The number of aromatic carboxylic acids is 1. The number of rotatable bonds is 10. The summed E-state index contributed by atoms with van der Waals surface area (Å²) in [5.74, 6) is -1.19. The molecule has 0 saturated heterocycles. The van der Waals surface area contributed by atoms with Crippen molar-refractivity contribution in [2.24, 2.45) is 0 Å². The van der Waals surface area contributed by atoms with Crippen LogP contribution in [0.5, 0.6) is 0 Å². The summed E-state index contributed by atoms with van der Waals surface area (Å²) in [6.45, 7) is 4.58. The van der Waals surface area contributed by atoms with Gasteiger partial charge in [0.15, 0.2) is 0 Å². The summed E-state index contributed by atoms with van der Waals surface area (Å²) >= 11 is 0. The minimum atomic E-state index is -3.75. The van der Waals surface area contributed by atoms with Crippen molar-refractivity contribution in [1.82, 2.24) is 4.72 Å². The van der Waals surface area contributed by atoms with Gasteiger partial charge in [-0.25, -0.2) is 17.9 Å². The number of ether oxygens (including phenoxy) is 1. The van der Waals surface area contributed by atoms with Gasteiger partial charge in [-0.15, -0.1) is 0 Å². The molecule has 0 saturated carbocycles. The Kier molecular flexibility index (Phi) is 7.47. The maximum absolute atomic E-state index is 12.3. The summed E-state index contributed by atoms with van der Waals surface area (Å²) in [6, 6.07) is 3.80. The van der Waals surface area contributed by atoms with E-state index in [0.717, 1.165) is 6.42 Å². The van der Waals surface area contributed by atoms with E-state index in [9.17, 15) is 18.3 Å². The van der Waals surface area contributed by atoms with E-state index in [1.54, 1.807) is 14.0 Å². The Balaban J connectivity index is 3.04. The van der Waals surface area contributed by atoms with E-state index in [4.69, 9.17) is 4.74 Å². The molecule has 0 aliphatic carbocycles. The Morgan fingerprint density at radius 2 is 2.09 bits per heavy atom. The van der Waals surface area contributed by atoms with Crippen LogP contribution in [0.4, 0.5) is 5.69 Å². The second-order valence-electron chi connectivity index (χ2n) is 5.24. The first-order chi connectivity index (χ1) is 10.8. The predicted octanol–water partition coefficient (Wildman–Crippen LogP) is 1.91. The first kappa shape index (κ1) is 19.4. The standard InChI is InChI=1S/C15H24N2O5S/c1-4-5-11(2)17-23(20,21)12-6-7-14(16-8-9-22-3)13(10-12)15(18)19/h6-7,10-11,16-17H,4-5,8-9H2,1-3H3,(H,18,19)/t11-/m0/s1. The normalized spacial score (nSPS) is 12.8. The zero-order valence-corrected chi connectivity index (χ0v) is 14.4. The van der Waals surface area contributed by atoms with E-state index in [2.05, 4.69) is 10.0 Å². The molecule has 7 nitrogen and oxygen atoms in total. The molecule has 0 radical (unpaired) electrons. The van der Waals surface area contributed by atoms with Crippen LogP contribution in [0.3, 0.4) is 0 Å². The van der Waals surface area contributed by atoms with Crippen molar-refractivity contribution in [3.63, 3.8) is 0 Å². The molecule has 0 aliphatic heterocycles. The van der Waals surface area contributed by atoms with Crippen LogP contribution >= 0.6 is 0 Å². The predicted molar refractivity (Wildman–Crippen MR) is 88.5 cm³/mol. The number of carboxylic acids is 1. The van der Waals surface area contributed by atoms with Gasteiger partial charge in [0, 0.05) is 25.4 Å². The number of anilines is 1. The number of carboxylic acid groups (broad SMARTS) is 1. The number of sulfonamides is 1. The zero-order valence-electron chi connectivity index (χ0n) is 13.6. The molecule has 1 aromatic rings. The highest BCUT2D eigenvalue weighted by Gasteiger charge is 2.20. The Labute approximate surface area is 137 Å². The van der Waals surface area contributed by atoms with E-state index in [1.165, 1.54) is 18.2 Å². The van der Waals surface area contributed by atoms with Crippen molar-refractivity contribution in [2.45, 2.75) is 37.6 Å². The fraction of sp³-hybridized carbons (Fsp3) is 0.533. The fourth-order valence-electron chi connectivity index (χ4n) is 2.13. The summed E-state index contributed by atoms with van der Waals surface area (Å²) in [7, 11) is -2.21. The minimum absolute atomic E-state index is 0.0601. The van der Waals surface area contributed by atoms with Crippen LogP contribution < -0.4 is 10.0 Å². The topological polar surface area (TPSA) is 105 Å². The Bertz CT molecular complexity index is 631. The third-order valence-electron chi connectivity index (χ3n) is 3.23. The highest BCUT2D eigenvalue weighted by molar-refractivity contribution is 7.89. The molecule has 1 atom stereocenters. The average molecular weight is 344 g/mol. The van der Waals surface area contributed by atoms with Gasteiger partial charge in [-0.3, -0.25) is 0 Å². The van der Waals surface area contributed by atoms with Crippen LogP contribution in [0, 0.1) is 0 Å². The molecule has 0 aliphatic rings. The van der Waals surface area contributed by atoms with E-state index >= 15 is 0 Å². The second kappa shape index (κ2) is 8.85. The van der Waals surface area contributed by atoms with Gasteiger partial charge < -0.3 is 15.2 Å². The SMILES string of the molecule is CCC[C@H](C)NS(=O)(=O)c1ccc(NCCOC)c(C(=O)O)c1. The molecular formula is C15H24N2O5S. The highest BCUT2D eigenvalue weighted by Crippen LogP contribution is 2.21. The van der Waals surface area contributed by atoms with Crippen molar-refractivity contribution >= 4 is 21.7 Å². The van der Waals surface area contributed by atoms with Crippen molar-refractivity contribution in [3.8, 4) is 0 Å². The molecule has 0 fully saturated rings. The van der Waals surface area contributed by atoms with E-state index < -0.39 is 16.0 Å². The maximum Gasteiger partial charge on any atom is 0.337 e. The van der Waals surface area contributed by atoms with Gasteiger partial charge in [-0.05, 0) is 31.5 Å². The Morgan fingerprint density at radius 1 is 1.39 bits per heavy atom. The smallest absolute Gasteiger partial charge is 0.337 e. The molecule has 130 valence electrons. The number of carbonyl (C=O) groups is 1. The molecule has 0 amide bonds. The first-order valence-electron chi connectivity index (χ1n) is 7.44. The second-order valence-corrected chi connectivity index (χ2v) is 6.96. The number of hydrogen-bond donors (Lipinski definition) is 3. The lowest BCUT2D eigenvalue weighted by Gasteiger charge is -2.15. The number of nitrogens with one attached hydrogen (secondary N) is 2. The number of methoxy groups -OCH3 is 1. The summed E-state index contributed by atoms with van der Waals surface area (Å²) < 4.78 is 32.1. The van der Waals surface area contributed by atoms with Gasteiger partial charge in [-0.2, -0.15) is 0 Å². The van der Waals surface area contributed by atoms with Crippen LogP contribution in [-0.4, -0.2) is 45.8 Å². The molecule has 1 rings (SSSR count). The van der Waals surface area contributed by atoms with E-state index in [-0.39, 0.29) is 16.5 Å². The first-order valence-corrected chi connectivity index (χ1v) is 8.92. The summed E-state index contributed by atoms with van der Waals surface area (Å²) in [4.78, 5) is 11.3. The molecular weight excluding hydrogens is 320 g/mol. The van der Waals surface area contributed by atoms with Crippen molar-refractivity contribution in [3.05, 3.63) is 23.8 Å². The Hall–Kier alpha value is -1.64. The van der Waals surface area contributed by atoms with Crippen LogP contribution in [0.15, 0.2) is 23.1 Å². The van der Waals surface area contributed by atoms with Gasteiger partial charge in [-0.1, -0.05) is 13.3 Å². The quantitative estimate of drug-likeness (QED) is 0.560. The maximum atomic E-state index is 12.3. The molecule has 1 aromatic carbocycles. The summed E-state index contributed by atoms with van der Waals surface area (Å²) in [5, 5.41) is 12.2. The van der Waals surface area contributed by atoms with Crippen LogP contribution in [0.1, 0.15) is 37.0 Å². The van der Waals surface area contributed by atoms with E-state index in [1.807, 2.05) is 6.92 Å². The molecule has 8 heteroatoms. The summed E-state index contributed by atoms with van der Waals surface area (Å²) in [5.41, 5.74) is 0.266. The molecule has 0 heterocycles. The van der Waals surface area contributed by atoms with Gasteiger partial charge in [0.25, 0.3) is 0 Å².